The molecule has 0 atom stereocenters. The fraction of sp³-hybridized carbons (Fsp3) is 0.333. The molecule has 6 heteroatoms. The second-order valence-electron chi connectivity index (χ2n) is 3.42. The molecular weight excluding hydrogens is 254 g/mol. The van der Waals surface area contributed by atoms with Crippen molar-refractivity contribution in [3.8, 4) is 11.5 Å². The maximum atomic E-state index is 11.4. The van der Waals surface area contributed by atoms with Gasteiger partial charge in [0, 0.05) is 13.0 Å². The Morgan fingerprint density at radius 2 is 1.78 bits per heavy atom. The minimum absolute atomic E-state index is 0.410. The summed E-state index contributed by atoms with van der Waals surface area (Å²) in [5.74, 6) is -0.158. The molecule has 0 heterocycles. The first kappa shape index (κ1) is 14.4. The van der Waals surface area contributed by atoms with Gasteiger partial charge >= 0.3 is 0 Å². The minimum Gasteiger partial charge on any atom is -0.496 e. The largest absolute Gasteiger partial charge is 0.496 e. The molecule has 98 valence electrons. The zero-order chi connectivity index (χ0) is 13.7. The Balaban J connectivity index is 3.17. The van der Waals surface area contributed by atoms with Gasteiger partial charge in [-0.1, -0.05) is 0 Å². The third-order valence-electron chi connectivity index (χ3n) is 2.27. The lowest BCUT2D eigenvalue weighted by molar-refractivity contribution is -0.133. The highest BCUT2D eigenvalue weighted by Crippen LogP contribution is 2.37. The molecule has 5 nitrogen and oxygen atoms in total. The summed E-state index contributed by atoms with van der Waals surface area (Å²) in [5, 5.41) is 2.48. The molecule has 0 unspecified atom stereocenters. The van der Waals surface area contributed by atoms with E-state index in [1.54, 1.807) is 12.1 Å². The number of anilines is 1. The molecule has 0 bridgehead atoms. The van der Waals surface area contributed by atoms with Gasteiger partial charge in [0.2, 0.25) is 5.78 Å². The third-order valence-corrected chi connectivity index (χ3v) is 3.03. The highest BCUT2D eigenvalue weighted by molar-refractivity contribution is 7.98. The van der Waals surface area contributed by atoms with E-state index in [-0.39, 0.29) is 0 Å². The highest BCUT2D eigenvalue weighted by atomic mass is 32.2. The lowest BCUT2D eigenvalue weighted by atomic mass is 10.2. The first-order valence-electron chi connectivity index (χ1n) is 5.15. The van der Waals surface area contributed by atoms with Crippen LogP contribution in [-0.2, 0) is 9.59 Å². The van der Waals surface area contributed by atoms with Crippen LogP contribution in [0.25, 0.3) is 0 Å². The van der Waals surface area contributed by atoms with Crippen molar-refractivity contribution in [3.05, 3.63) is 12.1 Å². The summed E-state index contributed by atoms with van der Waals surface area (Å²) < 4.78 is 10.4. The molecule has 1 aromatic rings. The van der Waals surface area contributed by atoms with Crippen molar-refractivity contribution in [3.63, 3.8) is 0 Å². The number of benzene rings is 1. The number of hydrogen-bond donors (Lipinski definition) is 1. The highest BCUT2D eigenvalue weighted by Gasteiger charge is 2.15. The monoisotopic (exact) mass is 269 g/mol. The molecule has 1 aromatic carbocycles. The molecule has 1 amide bonds. The third kappa shape index (κ3) is 3.16. The molecule has 1 rings (SSSR count). The summed E-state index contributed by atoms with van der Waals surface area (Å²) in [4.78, 5) is 23.2. The van der Waals surface area contributed by atoms with Crippen LogP contribution in [-0.4, -0.2) is 32.2 Å². The summed E-state index contributed by atoms with van der Waals surface area (Å²) in [6, 6.07) is 3.38. The molecule has 0 aliphatic carbocycles. The maximum Gasteiger partial charge on any atom is 0.291 e. The van der Waals surface area contributed by atoms with Crippen molar-refractivity contribution in [2.24, 2.45) is 0 Å². The average molecular weight is 269 g/mol. The van der Waals surface area contributed by atoms with Gasteiger partial charge < -0.3 is 14.8 Å². The van der Waals surface area contributed by atoms with Crippen LogP contribution in [0.15, 0.2) is 17.0 Å². The smallest absolute Gasteiger partial charge is 0.291 e. The van der Waals surface area contributed by atoms with E-state index in [2.05, 4.69) is 5.32 Å². The van der Waals surface area contributed by atoms with E-state index in [9.17, 15) is 9.59 Å². The Labute approximate surface area is 110 Å². The van der Waals surface area contributed by atoms with Crippen molar-refractivity contribution in [1.82, 2.24) is 0 Å². The summed E-state index contributed by atoms with van der Waals surface area (Å²) in [6.45, 7) is 1.20. The Kier molecular flexibility index (Phi) is 5.03. The molecule has 0 radical (unpaired) electrons. The second kappa shape index (κ2) is 6.30. The standard InChI is InChI=1S/C12H15NO4S/c1-7(14)12(15)13-8-5-10(17-3)11(18-4)6-9(8)16-2/h5-6H,1-4H3,(H,13,15). The van der Waals surface area contributed by atoms with E-state index >= 15 is 0 Å². The molecule has 0 spiro atoms. The number of hydrogen-bond acceptors (Lipinski definition) is 5. The second-order valence-corrected chi connectivity index (χ2v) is 4.27. The van der Waals surface area contributed by atoms with Crippen LogP contribution >= 0.6 is 11.8 Å². The van der Waals surface area contributed by atoms with Crippen LogP contribution < -0.4 is 14.8 Å². The number of amides is 1. The van der Waals surface area contributed by atoms with Crippen LogP contribution in [0.1, 0.15) is 6.92 Å². The van der Waals surface area contributed by atoms with E-state index < -0.39 is 11.7 Å². The summed E-state index contributed by atoms with van der Waals surface area (Å²) >= 11 is 1.50. The normalized spacial score (nSPS) is 9.78. The molecule has 0 saturated heterocycles. The number of nitrogens with one attached hydrogen (secondary N) is 1. The van der Waals surface area contributed by atoms with Gasteiger partial charge in [-0.15, -0.1) is 11.8 Å². The van der Waals surface area contributed by atoms with Crippen LogP contribution in [0.3, 0.4) is 0 Å². The fourth-order valence-electron chi connectivity index (χ4n) is 1.34. The van der Waals surface area contributed by atoms with Crippen LogP contribution in [0.2, 0.25) is 0 Å². The Morgan fingerprint density at radius 1 is 1.17 bits per heavy atom. The van der Waals surface area contributed by atoms with Crippen molar-refractivity contribution in [1.29, 1.82) is 0 Å². The zero-order valence-electron chi connectivity index (χ0n) is 10.7. The fourth-order valence-corrected chi connectivity index (χ4v) is 1.91. The van der Waals surface area contributed by atoms with Crippen molar-refractivity contribution in [2.75, 3.05) is 25.8 Å². The van der Waals surface area contributed by atoms with E-state index in [4.69, 9.17) is 9.47 Å². The zero-order valence-corrected chi connectivity index (χ0v) is 11.5. The molecule has 18 heavy (non-hydrogen) atoms. The van der Waals surface area contributed by atoms with Crippen molar-refractivity contribution < 1.29 is 19.1 Å². The maximum absolute atomic E-state index is 11.4. The Bertz CT molecular complexity index is 473. The summed E-state index contributed by atoms with van der Waals surface area (Å²) in [7, 11) is 3.04. The van der Waals surface area contributed by atoms with Gasteiger partial charge in [-0.2, -0.15) is 0 Å². The molecule has 0 aliphatic heterocycles. The van der Waals surface area contributed by atoms with Gasteiger partial charge in [0.15, 0.2) is 0 Å². The SMILES string of the molecule is COc1cc(SC)c(OC)cc1NC(=O)C(C)=O. The molecule has 0 aromatic heterocycles. The van der Waals surface area contributed by atoms with Crippen LogP contribution in [0.5, 0.6) is 11.5 Å². The predicted octanol–water partition coefficient (Wildman–Crippen LogP) is 1.95. The molecule has 0 fully saturated rings. The number of ketones is 1. The molecule has 1 N–H and O–H groups in total. The lowest BCUT2D eigenvalue weighted by Gasteiger charge is -2.13. The number of Topliss-reactive ketones (excluding diaryl/α,β-unsaturated/α-hetero) is 1. The molecular formula is C12H15NO4S. The minimum atomic E-state index is -0.688. The lowest BCUT2D eigenvalue weighted by Crippen LogP contribution is -2.20. The van der Waals surface area contributed by atoms with Gasteiger partial charge in [0.05, 0.1) is 24.8 Å². The quantitative estimate of drug-likeness (QED) is 0.654. The number of methoxy groups -OCH3 is 2. The number of thioether (sulfide) groups is 1. The van der Waals surface area contributed by atoms with E-state index in [0.717, 1.165) is 4.90 Å². The molecule has 0 aliphatic rings. The summed E-state index contributed by atoms with van der Waals surface area (Å²) in [5.41, 5.74) is 0.410. The van der Waals surface area contributed by atoms with Gasteiger partial charge in [-0.3, -0.25) is 9.59 Å². The van der Waals surface area contributed by atoms with E-state index in [1.165, 1.54) is 32.9 Å². The number of carbonyl (C=O) groups is 2. The number of ether oxygens (including phenoxy) is 2. The topological polar surface area (TPSA) is 64.6 Å². The predicted molar refractivity (Wildman–Crippen MR) is 70.6 cm³/mol. The van der Waals surface area contributed by atoms with Gasteiger partial charge in [-0.25, -0.2) is 0 Å². The number of carbonyl (C=O) groups excluding carboxylic acids is 2. The Hall–Kier alpha value is -1.69. The van der Waals surface area contributed by atoms with E-state index in [1.807, 2.05) is 6.26 Å². The van der Waals surface area contributed by atoms with E-state index in [0.29, 0.717) is 17.2 Å². The van der Waals surface area contributed by atoms with Crippen LogP contribution in [0, 0.1) is 0 Å². The number of rotatable bonds is 5. The molecule has 0 saturated carbocycles. The van der Waals surface area contributed by atoms with Crippen molar-refractivity contribution >= 4 is 29.1 Å². The average Bonchev–Trinajstić information content (AvgIpc) is 2.37. The van der Waals surface area contributed by atoms with Gasteiger partial charge in [0.1, 0.15) is 11.5 Å². The summed E-state index contributed by atoms with van der Waals surface area (Å²) in [6.07, 6.45) is 1.91. The van der Waals surface area contributed by atoms with Gasteiger partial charge in [-0.05, 0) is 12.3 Å². The van der Waals surface area contributed by atoms with Crippen LogP contribution in [0.4, 0.5) is 5.69 Å². The van der Waals surface area contributed by atoms with Crippen molar-refractivity contribution in [2.45, 2.75) is 11.8 Å². The first-order valence-corrected chi connectivity index (χ1v) is 6.37. The Morgan fingerprint density at radius 3 is 2.22 bits per heavy atom. The van der Waals surface area contributed by atoms with Gasteiger partial charge in [0.25, 0.3) is 5.91 Å². The first-order chi connectivity index (χ1) is 8.53.